The molecule has 0 radical (unpaired) electrons. The lowest BCUT2D eigenvalue weighted by Crippen LogP contribution is -2.48. The Bertz CT molecular complexity index is 247. The predicted octanol–water partition coefficient (Wildman–Crippen LogP) is 1.17. The van der Waals surface area contributed by atoms with Crippen molar-refractivity contribution in [1.82, 2.24) is 15.1 Å². The normalized spacial score (nSPS) is 21.9. The lowest BCUT2D eigenvalue weighted by atomic mass is 9.98. The number of nitrogens with one attached hydrogen (secondary N) is 1. The minimum absolute atomic E-state index is 0.00757. The number of piperidine rings is 1. The summed E-state index contributed by atoms with van der Waals surface area (Å²) in [7, 11) is 2.07. The molecule has 1 amide bonds. The second-order valence-electron chi connectivity index (χ2n) is 5.34. The van der Waals surface area contributed by atoms with Crippen molar-refractivity contribution in [2.75, 3.05) is 39.8 Å². The molecule has 2 unspecified atom stereocenters. The average molecular weight is 255 g/mol. The molecule has 1 saturated heterocycles. The van der Waals surface area contributed by atoms with Gasteiger partial charge in [0.05, 0.1) is 6.04 Å². The van der Waals surface area contributed by atoms with Gasteiger partial charge in [0.25, 0.3) is 0 Å². The summed E-state index contributed by atoms with van der Waals surface area (Å²) in [4.78, 5) is 16.4. The second-order valence-corrected chi connectivity index (χ2v) is 5.34. The molecule has 1 rings (SSSR count). The van der Waals surface area contributed by atoms with Gasteiger partial charge in [0.2, 0.25) is 5.91 Å². The van der Waals surface area contributed by atoms with Gasteiger partial charge in [-0.1, -0.05) is 0 Å². The lowest BCUT2D eigenvalue weighted by Gasteiger charge is -2.33. The maximum absolute atomic E-state index is 12.3. The zero-order valence-electron chi connectivity index (χ0n) is 12.4. The van der Waals surface area contributed by atoms with Crippen LogP contribution in [0.4, 0.5) is 0 Å². The van der Waals surface area contributed by atoms with Crippen LogP contribution in [-0.2, 0) is 4.79 Å². The highest BCUT2D eigenvalue weighted by molar-refractivity contribution is 5.81. The maximum Gasteiger partial charge on any atom is 0.239 e. The molecule has 106 valence electrons. The lowest BCUT2D eigenvalue weighted by molar-refractivity contribution is -0.135. The number of nitrogens with zero attached hydrogens (tertiary/aromatic N) is 2. The first-order valence-electron chi connectivity index (χ1n) is 7.29. The van der Waals surface area contributed by atoms with Crippen LogP contribution < -0.4 is 5.32 Å². The molecule has 0 aromatic rings. The second kappa shape index (κ2) is 7.74. The molecule has 0 aromatic carbocycles. The van der Waals surface area contributed by atoms with Crippen LogP contribution in [0.3, 0.4) is 0 Å². The summed E-state index contributed by atoms with van der Waals surface area (Å²) in [6.07, 6.45) is 2.54. The Morgan fingerprint density at radius 1 is 1.39 bits per heavy atom. The molecule has 0 spiro atoms. The molecule has 0 aliphatic carbocycles. The molecule has 1 heterocycles. The minimum Gasteiger partial charge on any atom is -0.342 e. The molecule has 1 fully saturated rings. The van der Waals surface area contributed by atoms with Gasteiger partial charge in [-0.15, -0.1) is 0 Å². The van der Waals surface area contributed by atoms with E-state index in [1.165, 1.54) is 12.8 Å². The van der Waals surface area contributed by atoms with E-state index in [9.17, 15) is 4.79 Å². The van der Waals surface area contributed by atoms with E-state index in [4.69, 9.17) is 0 Å². The van der Waals surface area contributed by atoms with E-state index in [1.54, 1.807) is 0 Å². The number of carbonyl (C=O) groups excluding carboxylic acids is 1. The molecule has 1 aliphatic rings. The van der Waals surface area contributed by atoms with Crippen molar-refractivity contribution in [3.63, 3.8) is 0 Å². The van der Waals surface area contributed by atoms with Crippen molar-refractivity contribution in [3.8, 4) is 0 Å². The quantitative estimate of drug-likeness (QED) is 0.774. The van der Waals surface area contributed by atoms with Gasteiger partial charge < -0.3 is 10.2 Å². The van der Waals surface area contributed by atoms with Crippen LogP contribution in [0, 0.1) is 5.92 Å². The van der Waals surface area contributed by atoms with Crippen LogP contribution in [-0.4, -0.2) is 61.5 Å². The number of hydrogen-bond acceptors (Lipinski definition) is 3. The topological polar surface area (TPSA) is 35.6 Å². The third-order valence-electron chi connectivity index (χ3n) is 4.04. The number of likely N-dealkylation sites (N-methyl/N-ethyl adjacent to an activating group) is 2. The molecule has 1 aliphatic heterocycles. The van der Waals surface area contributed by atoms with E-state index >= 15 is 0 Å². The van der Waals surface area contributed by atoms with E-state index in [-0.39, 0.29) is 11.9 Å². The summed E-state index contributed by atoms with van der Waals surface area (Å²) < 4.78 is 0. The largest absolute Gasteiger partial charge is 0.342 e. The molecule has 1 N–H and O–H groups in total. The van der Waals surface area contributed by atoms with Crippen molar-refractivity contribution in [2.24, 2.45) is 5.92 Å². The fourth-order valence-corrected chi connectivity index (χ4v) is 2.63. The summed E-state index contributed by atoms with van der Waals surface area (Å²) in [5, 5.41) is 3.43. The van der Waals surface area contributed by atoms with Crippen molar-refractivity contribution in [2.45, 2.75) is 39.7 Å². The van der Waals surface area contributed by atoms with Crippen molar-refractivity contribution >= 4 is 5.91 Å². The molecule has 4 nitrogen and oxygen atoms in total. The standard InChI is InChI=1S/C14H29N3O/c1-5-17(6-2)14(18)12(3)16(4)11-13-8-7-9-15-10-13/h12-13,15H,5-11H2,1-4H3. The average Bonchev–Trinajstić information content (AvgIpc) is 2.40. The van der Waals surface area contributed by atoms with E-state index in [0.29, 0.717) is 5.92 Å². The fraction of sp³-hybridized carbons (Fsp3) is 0.929. The highest BCUT2D eigenvalue weighted by Gasteiger charge is 2.24. The van der Waals surface area contributed by atoms with E-state index in [1.807, 2.05) is 25.7 Å². The maximum atomic E-state index is 12.3. The third kappa shape index (κ3) is 4.25. The predicted molar refractivity (Wildman–Crippen MR) is 75.6 cm³/mol. The van der Waals surface area contributed by atoms with Gasteiger partial charge in [-0.25, -0.2) is 0 Å². The van der Waals surface area contributed by atoms with Crippen LogP contribution >= 0.6 is 0 Å². The van der Waals surface area contributed by atoms with Gasteiger partial charge in [-0.05, 0) is 59.7 Å². The van der Waals surface area contributed by atoms with Crippen LogP contribution in [0.2, 0.25) is 0 Å². The first kappa shape index (κ1) is 15.4. The highest BCUT2D eigenvalue weighted by atomic mass is 16.2. The summed E-state index contributed by atoms with van der Waals surface area (Å²) in [6.45, 7) is 11.0. The number of amides is 1. The summed E-state index contributed by atoms with van der Waals surface area (Å²) >= 11 is 0. The first-order chi connectivity index (χ1) is 8.60. The van der Waals surface area contributed by atoms with Gasteiger partial charge in [0, 0.05) is 19.6 Å². The van der Waals surface area contributed by atoms with Crippen molar-refractivity contribution in [3.05, 3.63) is 0 Å². The van der Waals surface area contributed by atoms with Crippen LogP contribution in [0.5, 0.6) is 0 Å². The Morgan fingerprint density at radius 2 is 2.06 bits per heavy atom. The molecule has 0 saturated carbocycles. The van der Waals surface area contributed by atoms with Gasteiger partial charge >= 0.3 is 0 Å². The Hall–Kier alpha value is -0.610. The zero-order chi connectivity index (χ0) is 13.5. The molecule has 0 aromatic heterocycles. The first-order valence-corrected chi connectivity index (χ1v) is 7.29. The smallest absolute Gasteiger partial charge is 0.239 e. The molecule has 4 heteroatoms. The SMILES string of the molecule is CCN(CC)C(=O)C(C)N(C)CC1CCCNC1. The Morgan fingerprint density at radius 3 is 2.56 bits per heavy atom. The monoisotopic (exact) mass is 255 g/mol. The van der Waals surface area contributed by atoms with Crippen LogP contribution in [0.25, 0.3) is 0 Å². The molecule has 0 bridgehead atoms. The van der Waals surface area contributed by atoms with Gasteiger partial charge in [-0.2, -0.15) is 0 Å². The Balaban J connectivity index is 2.43. The van der Waals surface area contributed by atoms with Crippen molar-refractivity contribution < 1.29 is 4.79 Å². The van der Waals surface area contributed by atoms with Crippen molar-refractivity contribution in [1.29, 1.82) is 0 Å². The number of rotatable bonds is 6. The molecule has 18 heavy (non-hydrogen) atoms. The van der Waals surface area contributed by atoms with Gasteiger partial charge in [0.1, 0.15) is 0 Å². The third-order valence-corrected chi connectivity index (χ3v) is 4.04. The minimum atomic E-state index is -0.00757. The molecule has 2 atom stereocenters. The van der Waals surface area contributed by atoms with Crippen LogP contribution in [0.15, 0.2) is 0 Å². The summed E-state index contributed by atoms with van der Waals surface area (Å²) in [6, 6.07) is -0.00757. The highest BCUT2D eigenvalue weighted by Crippen LogP contribution is 2.13. The van der Waals surface area contributed by atoms with Crippen LogP contribution in [0.1, 0.15) is 33.6 Å². The number of hydrogen-bond donors (Lipinski definition) is 1. The Labute approximate surface area is 112 Å². The van der Waals surface area contributed by atoms with Gasteiger partial charge in [-0.3, -0.25) is 9.69 Å². The fourth-order valence-electron chi connectivity index (χ4n) is 2.63. The molecular formula is C14H29N3O. The number of carbonyl (C=O) groups is 1. The zero-order valence-corrected chi connectivity index (χ0v) is 12.4. The summed E-state index contributed by atoms with van der Waals surface area (Å²) in [5.74, 6) is 0.946. The van der Waals surface area contributed by atoms with E-state index < -0.39 is 0 Å². The Kier molecular flexibility index (Phi) is 6.65. The molecular weight excluding hydrogens is 226 g/mol. The van der Waals surface area contributed by atoms with Gasteiger partial charge in [0.15, 0.2) is 0 Å². The summed E-state index contributed by atoms with van der Waals surface area (Å²) in [5.41, 5.74) is 0. The van der Waals surface area contributed by atoms with E-state index in [2.05, 4.69) is 17.3 Å². The van der Waals surface area contributed by atoms with E-state index in [0.717, 1.165) is 32.7 Å².